The van der Waals surface area contributed by atoms with Crippen molar-refractivity contribution < 1.29 is 9.47 Å². The molecule has 21 heavy (non-hydrogen) atoms. The average Bonchev–Trinajstić information content (AvgIpc) is 2.47. The number of hydrogen-bond acceptors (Lipinski definition) is 2. The molecule has 1 aliphatic carbocycles. The molecule has 2 aromatic carbocycles. The molecule has 2 aromatic rings. The molecule has 3 rings (SSSR count). The quantitative estimate of drug-likeness (QED) is 0.618. The molecule has 1 fully saturated rings. The summed E-state index contributed by atoms with van der Waals surface area (Å²) in [5.41, 5.74) is 0. The molecule has 0 aromatic heterocycles. The van der Waals surface area contributed by atoms with Crippen molar-refractivity contribution in [3.63, 3.8) is 0 Å². The second-order valence-electron chi connectivity index (χ2n) is 5.40. The van der Waals surface area contributed by atoms with Crippen molar-refractivity contribution >= 4 is 42.6 Å². The third-order valence-corrected chi connectivity index (χ3v) is 5.14. The van der Waals surface area contributed by atoms with Crippen molar-refractivity contribution in [2.45, 2.75) is 36.8 Å². The Morgan fingerprint density at radius 1 is 1.14 bits per heavy atom. The van der Waals surface area contributed by atoms with Crippen LogP contribution in [-0.2, 0) is 4.74 Å². The summed E-state index contributed by atoms with van der Waals surface area (Å²) in [7, 11) is 0. The minimum atomic E-state index is 0.147. The average molecular weight is 414 g/mol. The fourth-order valence-corrected chi connectivity index (χ4v) is 3.79. The van der Waals surface area contributed by atoms with E-state index in [0.29, 0.717) is 4.83 Å². The highest BCUT2D eigenvalue weighted by Crippen LogP contribution is 2.35. The summed E-state index contributed by atoms with van der Waals surface area (Å²) in [5.74, 6) is 0.916. The number of halogens is 2. The summed E-state index contributed by atoms with van der Waals surface area (Å²) in [6.07, 6.45) is 2.33. The Bertz CT molecular complexity index is 629. The molecule has 0 bridgehead atoms. The molecule has 0 saturated heterocycles. The topological polar surface area (TPSA) is 18.5 Å². The summed E-state index contributed by atoms with van der Waals surface area (Å²) < 4.78 is 13.0. The van der Waals surface area contributed by atoms with Crippen LogP contribution in [-0.4, -0.2) is 23.6 Å². The van der Waals surface area contributed by atoms with Gasteiger partial charge in [-0.25, -0.2) is 0 Å². The summed E-state index contributed by atoms with van der Waals surface area (Å²) in [6.45, 7) is 2.91. The predicted molar refractivity (Wildman–Crippen MR) is 93.4 cm³/mol. The van der Waals surface area contributed by atoms with Crippen LogP contribution in [0.4, 0.5) is 0 Å². The molecular weight excluding hydrogens is 396 g/mol. The maximum Gasteiger partial charge on any atom is 0.127 e. The standard InChI is InChI=1S/C17H18Br2O2/c1-2-7-20-17-15(19)10-16(17)21-14-6-4-11-8-13(18)5-3-12(11)9-14/h3-6,8-9,15-17H,2,7,10H2,1H3. The van der Waals surface area contributed by atoms with E-state index in [9.17, 15) is 0 Å². The van der Waals surface area contributed by atoms with Gasteiger partial charge in [0.2, 0.25) is 0 Å². The number of hydrogen-bond donors (Lipinski definition) is 0. The van der Waals surface area contributed by atoms with E-state index in [1.165, 1.54) is 10.8 Å². The molecule has 4 heteroatoms. The van der Waals surface area contributed by atoms with E-state index >= 15 is 0 Å². The van der Waals surface area contributed by atoms with E-state index in [1.807, 2.05) is 6.07 Å². The van der Waals surface area contributed by atoms with Crippen LogP contribution >= 0.6 is 31.9 Å². The van der Waals surface area contributed by atoms with Gasteiger partial charge in [-0.15, -0.1) is 0 Å². The first-order valence-electron chi connectivity index (χ1n) is 7.29. The maximum atomic E-state index is 6.10. The molecule has 112 valence electrons. The molecule has 1 aliphatic rings. The molecular formula is C17H18Br2O2. The molecule has 0 spiro atoms. The Labute approximate surface area is 142 Å². The smallest absolute Gasteiger partial charge is 0.127 e. The number of ether oxygens (including phenoxy) is 2. The van der Waals surface area contributed by atoms with Crippen molar-refractivity contribution in [2.24, 2.45) is 0 Å². The highest BCUT2D eigenvalue weighted by atomic mass is 79.9. The number of rotatable bonds is 5. The molecule has 0 radical (unpaired) electrons. The highest BCUT2D eigenvalue weighted by molar-refractivity contribution is 9.10. The number of fused-ring (bicyclic) bond motifs is 1. The molecule has 0 N–H and O–H groups in total. The van der Waals surface area contributed by atoms with Gasteiger partial charge in [0, 0.05) is 22.3 Å². The van der Waals surface area contributed by atoms with Gasteiger partial charge in [0.25, 0.3) is 0 Å². The Morgan fingerprint density at radius 3 is 2.67 bits per heavy atom. The predicted octanol–water partition coefficient (Wildman–Crippen LogP) is 5.31. The zero-order chi connectivity index (χ0) is 14.8. The van der Waals surface area contributed by atoms with Crippen molar-refractivity contribution in [1.29, 1.82) is 0 Å². The zero-order valence-corrected chi connectivity index (χ0v) is 15.1. The van der Waals surface area contributed by atoms with Gasteiger partial charge in [0.15, 0.2) is 0 Å². The molecule has 1 saturated carbocycles. The normalized spacial score (nSPS) is 24.8. The van der Waals surface area contributed by atoms with Gasteiger partial charge in [-0.3, -0.25) is 0 Å². The van der Waals surface area contributed by atoms with Crippen LogP contribution in [0.1, 0.15) is 19.8 Å². The minimum absolute atomic E-state index is 0.147. The van der Waals surface area contributed by atoms with Crippen molar-refractivity contribution in [1.82, 2.24) is 0 Å². The lowest BCUT2D eigenvalue weighted by molar-refractivity contribution is -0.0761. The van der Waals surface area contributed by atoms with Gasteiger partial charge in [0.05, 0.1) is 0 Å². The minimum Gasteiger partial charge on any atom is -0.488 e. The summed E-state index contributed by atoms with van der Waals surface area (Å²) in [5, 5.41) is 2.40. The monoisotopic (exact) mass is 412 g/mol. The van der Waals surface area contributed by atoms with Gasteiger partial charge < -0.3 is 9.47 Å². The number of benzene rings is 2. The SMILES string of the molecule is CCCOC1C(Br)CC1Oc1ccc2cc(Br)ccc2c1. The van der Waals surface area contributed by atoms with E-state index in [2.05, 4.69) is 69.1 Å². The van der Waals surface area contributed by atoms with E-state index in [0.717, 1.165) is 29.7 Å². The Kier molecular flexibility index (Phi) is 4.87. The Morgan fingerprint density at radius 2 is 1.90 bits per heavy atom. The third-order valence-electron chi connectivity index (χ3n) is 3.76. The first-order chi connectivity index (χ1) is 10.2. The lowest BCUT2D eigenvalue weighted by atomic mass is 9.91. The summed E-state index contributed by atoms with van der Waals surface area (Å²) >= 11 is 7.15. The second-order valence-corrected chi connectivity index (χ2v) is 7.49. The molecule has 0 aliphatic heterocycles. The van der Waals surface area contributed by atoms with E-state index in [1.54, 1.807) is 0 Å². The first-order valence-corrected chi connectivity index (χ1v) is 9.00. The lowest BCUT2D eigenvalue weighted by Gasteiger charge is -2.40. The van der Waals surface area contributed by atoms with Crippen LogP contribution in [0.5, 0.6) is 5.75 Å². The van der Waals surface area contributed by atoms with Crippen molar-refractivity contribution in [3.8, 4) is 5.75 Å². The van der Waals surface area contributed by atoms with Crippen LogP contribution in [0, 0.1) is 0 Å². The molecule has 3 atom stereocenters. The maximum absolute atomic E-state index is 6.10. The first kappa shape index (κ1) is 15.3. The van der Waals surface area contributed by atoms with Crippen LogP contribution in [0.15, 0.2) is 40.9 Å². The number of alkyl halides is 1. The van der Waals surface area contributed by atoms with Gasteiger partial charge in [0.1, 0.15) is 18.0 Å². The van der Waals surface area contributed by atoms with E-state index < -0.39 is 0 Å². The van der Waals surface area contributed by atoms with E-state index in [-0.39, 0.29) is 12.2 Å². The van der Waals surface area contributed by atoms with Crippen molar-refractivity contribution in [2.75, 3.05) is 6.61 Å². The largest absolute Gasteiger partial charge is 0.488 e. The van der Waals surface area contributed by atoms with Crippen molar-refractivity contribution in [3.05, 3.63) is 40.9 Å². The Hall–Kier alpha value is -0.580. The Balaban J connectivity index is 1.71. The molecule has 0 heterocycles. The van der Waals surface area contributed by atoms with E-state index in [4.69, 9.17) is 9.47 Å². The van der Waals surface area contributed by atoms with Gasteiger partial charge in [-0.1, -0.05) is 50.9 Å². The highest BCUT2D eigenvalue weighted by Gasteiger charge is 2.42. The van der Waals surface area contributed by atoms with Crippen LogP contribution in [0.3, 0.4) is 0 Å². The molecule has 2 nitrogen and oxygen atoms in total. The van der Waals surface area contributed by atoms with Gasteiger partial charge in [-0.05, 0) is 41.5 Å². The van der Waals surface area contributed by atoms with Crippen LogP contribution in [0.25, 0.3) is 10.8 Å². The lowest BCUT2D eigenvalue weighted by Crippen LogP contribution is -2.52. The third kappa shape index (κ3) is 3.43. The fraction of sp³-hybridized carbons (Fsp3) is 0.412. The molecule has 0 amide bonds. The molecule has 3 unspecified atom stereocenters. The summed E-state index contributed by atoms with van der Waals surface area (Å²) in [6, 6.07) is 12.5. The summed E-state index contributed by atoms with van der Waals surface area (Å²) in [4.78, 5) is 0.408. The van der Waals surface area contributed by atoms with Gasteiger partial charge >= 0.3 is 0 Å². The fourth-order valence-electron chi connectivity index (χ4n) is 2.55. The zero-order valence-electron chi connectivity index (χ0n) is 11.9. The second kappa shape index (κ2) is 6.67. The van der Waals surface area contributed by atoms with Crippen LogP contribution in [0.2, 0.25) is 0 Å². The van der Waals surface area contributed by atoms with Crippen LogP contribution < -0.4 is 4.74 Å². The van der Waals surface area contributed by atoms with Gasteiger partial charge in [-0.2, -0.15) is 0 Å².